The fraction of sp³-hybridized carbons (Fsp3) is 0.160. The summed E-state index contributed by atoms with van der Waals surface area (Å²) >= 11 is 0. The van der Waals surface area contributed by atoms with Crippen molar-refractivity contribution in [3.63, 3.8) is 0 Å². The molecule has 0 atom stereocenters. The number of hydrogen-bond donors (Lipinski definition) is 0. The summed E-state index contributed by atoms with van der Waals surface area (Å²) in [4.78, 5) is 12.5. The third-order valence-corrected chi connectivity index (χ3v) is 5.59. The van der Waals surface area contributed by atoms with Crippen LogP contribution < -0.4 is 4.74 Å². The van der Waals surface area contributed by atoms with Crippen molar-refractivity contribution in [3.8, 4) is 22.8 Å². The van der Waals surface area contributed by atoms with Crippen LogP contribution in [0.25, 0.3) is 38.9 Å². The van der Waals surface area contributed by atoms with Crippen LogP contribution in [0.2, 0.25) is 0 Å². The predicted octanol–water partition coefficient (Wildman–Crippen LogP) is 5.57. The van der Waals surface area contributed by atoms with Crippen LogP contribution in [0.4, 0.5) is 0 Å². The van der Waals surface area contributed by atoms with Crippen molar-refractivity contribution in [3.05, 3.63) is 77.9 Å². The summed E-state index contributed by atoms with van der Waals surface area (Å²) in [6, 6.07) is 17.2. The van der Waals surface area contributed by atoms with E-state index in [2.05, 4.69) is 82.8 Å². The molecule has 0 aliphatic heterocycles. The van der Waals surface area contributed by atoms with Gasteiger partial charge in [0.05, 0.1) is 23.8 Å². The van der Waals surface area contributed by atoms with E-state index in [1.54, 1.807) is 7.11 Å². The Morgan fingerprint density at radius 2 is 1.40 bits per heavy atom. The van der Waals surface area contributed by atoms with Gasteiger partial charge in [0.1, 0.15) is 18.4 Å². The highest BCUT2D eigenvalue weighted by atomic mass is 16.5. The van der Waals surface area contributed by atoms with E-state index < -0.39 is 0 Å². The molecule has 0 aliphatic carbocycles. The summed E-state index contributed by atoms with van der Waals surface area (Å²) in [7, 11) is 1.71. The van der Waals surface area contributed by atoms with Gasteiger partial charge in [-0.15, -0.1) is 0 Å². The second kappa shape index (κ2) is 6.95. The highest BCUT2D eigenvalue weighted by molar-refractivity contribution is 6.10. The number of aryl methyl sites for hydroxylation is 3. The molecule has 0 aliphatic rings. The van der Waals surface area contributed by atoms with Gasteiger partial charge in [0.25, 0.3) is 0 Å². The third kappa shape index (κ3) is 2.82. The Balaban J connectivity index is 1.83. The van der Waals surface area contributed by atoms with Crippen LogP contribution in [0.15, 0.2) is 61.2 Å². The first-order valence-corrected chi connectivity index (χ1v) is 9.89. The van der Waals surface area contributed by atoms with Crippen molar-refractivity contribution in [2.45, 2.75) is 20.8 Å². The zero-order valence-corrected chi connectivity index (χ0v) is 17.5. The lowest BCUT2D eigenvalue weighted by Gasteiger charge is -2.16. The molecule has 5 aromatic rings. The van der Waals surface area contributed by atoms with Gasteiger partial charge in [-0.3, -0.25) is 0 Å². The molecule has 0 N–H and O–H groups in total. The van der Waals surface area contributed by atoms with E-state index in [0.717, 1.165) is 16.8 Å². The summed E-state index contributed by atoms with van der Waals surface area (Å²) in [6.07, 6.45) is 3.06. The van der Waals surface area contributed by atoms with Gasteiger partial charge in [-0.2, -0.15) is 0 Å². The Morgan fingerprint density at radius 3 is 2.07 bits per heavy atom. The SMILES string of the molecule is COc1ccc2c(c1)c1cc(C)ccc1n2-c1c(C)cc(-c2ncncn2)cc1C. The average Bonchev–Trinajstić information content (AvgIpc) is 3.06. The third-order valence-electron chi connectivity index (χ3n) is 5.59. The van der Waals surface area contributed by atoms with Gasteiger partial charge in [0.2, 0.25) is 0 Å². The molecule has 3 aromatic carbocycles. The molecule has 5 rings (SSSR count). The number of methoxy groups -OCH3 is 1. The molecule has 0 amide bonds. The first kappa shape index (κ1) is 18.3. The van der Waals surface area contributed by atoms with Crippen LogP contribution in [0.1, 0.15) is 16.7 Å². The zero-order chi connectivity index (χ0) is 20.8. The minimum absolute atomic E-state index is 0.685. The summed E-state index contributed by atoms with van der Waals surface area (Å²) in [6.45, 7) is 6.41. The molecule has 0 bridgehead atoms. The van der Waals surface area contributed by atoms with Crippen molar-refractivity contribution in [2.24, 2.45) is 0 Å². The van der Waals surface area contributed by atoms with Crippen molar-refractivity contribution < 1.29 is 4.74 Å². The Morgan fingerprint density at radius 1 is 0.767 bits per heavy atom. The fourth-order valence-corrected chi connectivity index (χ4v) is 4.31. The van der Waals surface area contributed by atoms with E-state index in [4.69, 9.17) is 4.74 Å². The van der Waals surface area contributed by atoms with E-state index in [1.165, 1.54) is 51.3 Å². The Hall–Kier alpha value is -3.73. The van der Waals surface area contributed by atoms with Crippen LogP contribution in [0, 0.1) is 20.8 Å². The van der Waals surface area contributed by atoms with Gasteiger partial charge in [0, 0.05) is 16.3 Å². The minimum Gasteiger partial charge on any atom is -0.497 e. The van der Waals surface area contributed by atoms with E-state index in [1.807, 2.05) is 6.07 Å². The number of ether oxygens (including phenoxy) is 1. The molecule has 148 valence electrons. The fourth-order valence-electron chi connectivity index (χ4n) is 4.31. The van der Waals surface area contributed by atoms with Crippen molar-refractivity contribution in [1.82, 2.24) is 19.5 Å². The maximum absolute atomic E-state index is 5.50. The van der Waals surface area contributed by atoms with Crippen molar-refractivity contribution >= 4 is 21.8 Å². The molecule has 0 spiro atoms. The van der Waals surface area contributed by atoms with Crippen LogP contribution in [0.3, 0.4) is 0 Å². The normalized spacial score (nSPS) is 11.3. The Labute approximate surface area is 175 Å². The summed E-state index contributed by atoms with van der Waals surface area (Å²) in [5, 5.41) is 2.41. The van der Waals surface area contributed by atoms with E-state index in [0.29, 0.717) is 5.82 Å². The molecular weight excluding hydrogens is 372 g/mol. The summed E-state index contributed by atoms with van der Waals surface area (Å²) < 4.78 is 7.85. The highest BCUT2D eigenvalue weighted by Crippen LogP contribution is 2.37. The molecular formula is C25H22N4O. The molecule has 2 aromatic heterocycles. The number of benzene rings is 3. The molecule has 2 heterocycles. The van der Waals surface area contributed by atoms with Crippen LogP contribution in [-0.4, -0.2) is 26.6 Å². The highest BCUT2D eigenvalue weighted by Gasteiger charge is 2.17. The lowest BCUT2D eigenvalue weighted by molar-refractivity contribution is 0.415. The second-order valence-electron chi connectivity index (χ2n) is 7.66. The largest absolute Gasteiger partial charge is 0.497 e. The zero-order valence-electron chi connectivity index (χ0n) is 17.5. The lowest BCUT2D eigenvalue weighted by Crippen LogP contribution is -2.01. The van der Waals surface area contributed by atoms with Gasteiger partial charge < -0.3 is 9.30 Å². The Bertz CT molecular complexity index is 1380. The molecule has 0 saturated heterocycles. The predicted molar refractivity (Wildman–Crippen MR) is 120 cm³/mol. The monoisotopic (exact) mass is 394 g/mol. The topological polar surface area (TPSA) is 52.8 Å². The molecule has 5 nitrogen and oxygen atoms in total. The van der Waals surface area contributed by atoms with Gasteiger partial charge in [-0.05, 0) is 74.4 Å². The summed E-state index contributed by atoms with van der Waals surface area (Å²) in [5.41, 5.74) is 8.10. The van der Waals surface area contributed by atoms with Gasteiger partial charge in [0.15, 0.2) is 5.82 Å². The second-order valence-corrected chi connectivity index (χ2v) is 7.66. The molecule has 0 unspecified atom stereocenters. The first-order valence-electron chi connectivity index (χ1n) is 9.89. The van der Waals surface area contributed by atoms with E-state index in [-0.39, 0.29) is 0 Å². The van der Waals surface area contributed by atoms with Crippen LogP contribution >= 0.6 is 0 Å². The summed E-state index contributed by atoms with van der Waals surface area (Å²) in [5.74, 6) is 1.55. The molecule has 0 radical (unpaired) electrons. The average molecular weight is 394 g/mol. The molecule has 0 saturated carbocycles. The number of hydrogen-bond acceptors (Lipinski definition) is 4. The van der Waals surface area contributed by atoms with Crippen LogP contribution in [0.5, 0.6) is 5.75 Å². The molecule has 5 heteroatoms. The number of rotatable bonds is 3. The number of nitrogens with zero attached hydrogens (tertiary/aromatic N) is 4. The van der Waals surface area contributed by atoms with Gasteiger partial charge >= 0.3 is 0 Å². The number of aromatic nitrogens is 4. The maximum atomic E-state index is 5.50. The van der Waals surface area contributed by atoms with E-state index >= 15 is 0 Å². The molecule has 0 fully saturated rings. The quantitative estimate of drug-likeness (QED) is 0.401. The first-order chi connectivity index (χ1) is 14.6. The van der Waals surface area contributed by atoms with Crippen molar-refractivity contribution in [1.29, 1.82) is 0 Å². The number of fused-ring (bicyclic) bond motifs is 3. The van der Waals surface area contributed by atoms with Gasteiger partial charge in [-0.25, -0.2) is 15.0 Å². The van der Waals surface area contributed by atoms with Crippen LogP contribution in [-0.2, 0) is 0 Å². The minimum atomic E-state index is 0.685. The van der Waals surface area contributed by atoms with E-state index in [9.17, 15) is 0 Å². The van der Waals surface area contributed by atoms with Gasteiger partial charge in [-0.1, -0.05) is 11.6 Å². The standard InChI is InChI=1S/C25H22N4O/c1-15-5-7-22-20(9-15)21-12-19(30-4)6-8-23(21)29(22)24-16(2)10-18(11-17(24)3)25-27-13-26-14-28-25/h5-14H,1-4H3. The maximum Gasteiger partial charge on any atom is 0.162 e. The Kier molecular flexibility index (Phi) is 4.24. The lowest BCUT2D eigenvalue weighted by atomic mass is 10.0. The molecule has 30 heavy (non-hydrogen) atoms. The van der Waals surface area contributed by atoms with Crippen molar-refractivity contribution in [2.75, 3.05) is 7.11 Å². The smallest absolute Gasteiger partial charge is 0.162 e.